The molecule has 3 rings (SSSR count). The van der Waals surface area contributed by atoms with Gasteiger partial charge in [-0.15, -0.1) is 0 Å². The van der Waals surface area contributed by atoms with Crippen molar-refractivity contribution in [1.82, 2.24) is 24.6 Å². The number of aromatic nitrogens is 3. The van der Waals surface area contributed by atoms with Crippen LogP contribution >= 0.6 is 0 Å². The van der Waals surface area contributed by atoms with Crippen LogP contribution in [0, 0.1) is 0 Å². The molecule has 0 unspecified atom stereocenters. The minimum atomic E-state index is -4.30. The van der Waals surface area contributed by atoms with Gasteiger partial charge in [-0.3, -0.25) is 9.80 Å². The first-order valence-corrected chi connectivity index (χ1v) is 8.49. The third-order valence-corrected chi connectivity index (χ3v) is 4.51. The Kier molecular flexibility index (Phi) is 5.87. The highest BCUT2D eigenvalue weighted by Crippen LogP contribution is 2.29. The van der Waals surface area contributed by atoms with E-state index >= 15 is 0 Å². The van der Waals surface area contributed by atoms with Crippen LogP contribution < -0.4 is 0 Å². The fourth-order valence-corrected chi connectivity index (χ4v) is 3.04. The van der Waals surface area contributed by atoms with Crippen molar-refractivity contribution >= 4 is 0 Å². The molecule has 0 aliphatic carbocycles. The van der Waals surface area contributed by atoms with E-state index in [0.29, 0.717) is 13.1 Å². The van der Waals surface area contributed by atoms with Crippen LogP contribution in [0.4, 0.5) is 17.6 Å². The Labute approximate surface area is 149 Å². The molecule has 1 fully saturated rings. The Morgan fingerprint density at radius 1 is 0.923 bits per heavy atom. The van der Waals surface area contributed by atoms with Gasteiger partial charge in [0.1, 0.15) is 18.8 Å². The van der Waals surface area contributed by atoms with Crippen LogP contribution in [0.2, 0.25) is 0 Å². The zero-order chi connectivity index (χ0) is 18.6. The lowest BCUT2D eigenvalue weighted by Crippen LogP contribution is -2.45. The van der Waals surface area contributed by atoms with Crippen molar-refractivity contribution in [3.05, 3.63) is 47.5 Å². The number of benzene rings is 1. The molecular formula is C17H21F4N5. The molecule has 0 saturated carbocycles. The van der Waals surface area contributed by atoms with E-state index in [0.717, 1.165) is 49.7 Å². The highest BCUT2D eigenvalue weighted by Gasteiger charge is 2.30. The molecule has 0 spiro atoms. The summed E-state index contributed by atoms with van der Waals surface area (Å²) in [5.74, 6) is 0.749. The predicted octanol–water partition coefficient (Wildman–Crippen LogP) is 2.58. The Morgan fingerprint density at radius 3 is 2.12 bits per heavy atom. The highest BCUT2D eigenvalue weighted by molar-refractivity contribution is 5.24. The van der Waals surface area contributed by atoms with Crippen molar-refractivity contribution in [3.8, 4) is 0 Å². The quantitative estimate of drug-likeness (QED) is 0.732. The largest absolute Gasteiger partial charge is 0.416 e. The van der Waals surface area contributed by atoms with Gasteiger partial charge in [-0.1, -0.05) is 12.1 Å². The molecule has 0 bridgehead atoms. The average molecular weight is 371 g/mol. The van der Waals surface area contributed by atoms with Gasteiger partial charge in [0.25, 0.3) is 0 Å². The molecule has 1 saturated heterocycles. The normalized spacial score (nSPS) is 16.9. The zero-order valence-corrected chi connectivity index (χ0v) is 14.3. The second-order valence-electron chi connectivity index (χ2n) is 6.34. The second-order valence-corrected chi connectivity index (χ2v) is 6.34. The maximum atomic E-state index is 12.6. The minimum absolute atomic E-state index is 0.212. The number of nitrogens with zero attached hydrogens (tertiary/aromatic N) is 5. The third kappa shape index (κ3) is 4.79. The highest BCUT2D eigenvalue weighted by atomic mass is 19.4. The first-order valence-electron chi connectivity index (χ1n) is 8.49. The van der Waals surface area contributed by atoms with E-state index in [-0.39, 0.29) is 6.54 Å². The summed E-state index contributed by atoms with van der Waals surface area (Å²) in [7, 11) is 0. The van der Waals surface area contributed by atoms with Gasteiger partial charge in [0.15, 0.2) is 0 Å². The Morgan fingerprint density at radius 2 is 1.54 bits per heavy atom. The standard InChI is InChI=1S/C17H21F4N5/c18-5-6-26-16(22-13-23-26)12-25-9-7-24(8-10-25)11-14-1-3-15(4-2-14)17(19,20)21/h1-4,13H,5-12H2. The summed E-state index contributed by atoms with van der Waals surface area (Å²) < 4.78 is 51.9. The van der Waals surface area contributed by atoms with Crippen molar-refractivity contribution in [1.29, 1.82) is 0 Å². The smallest absolute Gasteiger partial charge is 0.297 e. The van der Waals surface area contributed by atoms with Crippen LogP contribution in [0.25, 0.3) is 0 Å². The number of hydrogen-bond acceptors (Lipinski definition) is 4. The molecule has 9 heteroatoms. The third-order valence-electron chi connectivity index (χ3n) is 4.51. The van der Waals surface area contributed by atoms with Crippen LogP contribution in [0.3, 0.4) is 0 Å². The zero-order valence-electron chi connectivity index (χ0n) is 14.3. The Hall–Kier alpha value is -2.00. The summed E-state index contributed by atoms with van der Waals surface area (Å²) in [6, 6.07) is 5.33. The van der Waals surface area contributed by atoms with Gasteiger partial charge in [0, 0.05) is 32.7 Å². The van der Waals surface area contributed by atoms with Crippen LogP contribution in [-0.2, 0) is 25.8 Å². The number of piperazine rings is 1. The molecule has 142 valence electrons. The van der Waals surface area contributed by atoms with Gasteiger partial charge in [0.2, 0.25) is 0 Å². The SMILES string of the molecule is FCCn1ncnc1CN1CCN(Cc2ccc(C(F)(F)F)cc2)CC1. The second kappa shape index (κ2) is 8.13. The summed E-state index contributed by atoms with van der Waals surface area (Å²) in [5.41, 5.74) is 0.248. The molecule has 1 aliphatic rings. The summed E-state index contributed by atoms with van der Waals surface area (Å²) in [4.78, 5) is 8.62. The van der Waals surface area contributed by atoms with Crippen molar-refractivity contribution in [2.75, 3.05) is 32.9 Å². The molecular weight excluding hydrogens is 350 g/mol. The first-order chi connectivity index (χ1) is 12.5. The predicted molar refractivity (Wildman–Crippen MR) is 88.0 cm³/mol. The fourth-order valence-electron chi connectivity index (χ4n) is 3.04. The molecule has 0 N–H and O–H groups in total. The average Bonchev–Trinajstić information content (AvgIpc) is 3.04. The summed E-state index contributed by atoms with van der Waals surface area (Å²) in [6.07, 6.45) is -2.86. The van der Waals surface area contributed by atoms with E-state index in [1.807, 2.05) is 0 Å². The lowest BCUT2D eigenvalue weighted by molar-refractivity contribution is -0.137. The van der Waals surface area contributed by atoms with E-state index in [1.165, 1.54) is 18.5 Å². The lowest BCUT2D eigenvalue weighted by atomic mass is 10.1. The van der Waals surface area contributed by atoms with E-state index in [1.54, 1.807) is 4.68 Å². The topological polar surface area (TPSA) is 37.2 Å². The van der Waals surface area contributed by atoms with Gasteiger partial charge in [-0.2, -0.15) is 18.3 Å². The van der Waals surface area contributed by atoms with Gasteiger partial charge < -0.3 is 0 Å². The van der Waals surface area contributed by atoms with Crippen molar-refractivity contribution in [3.63, 3.8) is 0 Å². The van der Waals surface area contributed by atoms with E-state index < -0.39 is 18.4 Å². The van der Waals surface area contributed by atoms with Crippen molar-refractivity contribution in [2.24, 2.45) is 0 Å². The van der Waals surface area contributed by atoms with Crippen LogP contribution in [0.1, 0.15) is 17.0 Å². The van der Waals surface area contributed by atoms with Crippen molar-refractivity contribution < 1.29 is 17.6 Å². The minimum Gasteiger partial charge on any atom is -0.297 e. The fraction of sp³-hybridized carbons (Fsp3) is 0.529. The maximum absolute atomic E-state index is 12.6. The Balaban J connectivity index is 1.48. The molecule has 0 atom stereocenters. The number of aryl methyl sites for hydroxylation is 1. The van der Waals surface area contributed by atoms with E-state index in [2.05, 4.69) is 19.9 Å². The maximum Gasteiger partial charge on any atom is 0.416 e. The number of halogens is 4. The van der Waals surface area contributed by atoms with Gasteiger partial charge in [-0.25, -0.2) is 14.1 Å². The van der Waals surface area contributed by atoms with Gasteiger partial charge in [0.05, 0.1) is 18.7 Å². The van der Waals surface area contributed by atoms with Gasteiger partial charge >= 0.3 is 6.18 Å². The summed E-state index contributed by atoms with van der Waals surface area (Å²) >= 11 is 0. The molecule has 5 nitrogen and oxygen atoms in total. The number of alkyl halides is 4. The first kappa shape index (κ1) is 18.8. The molecule has 0 radical (unpaired) electrons. The molecule has 26 heavy (non-hydrogen) atoms. The van der Waals surface area contributed by atoms with E-state index in [4.69, 9.17) is 0 Å². The van der Waals surface area contributed by atoms with Crippen LogP contribution in [-0.4, -0.2) is 57.4 Å². The molecule has 2 heterocycles. The van der Waals surface area contributed by atoms with Crippen LogP contribution in [0.5, 0.6) is 0 Å². The summed E-state index contributed by atoms with van der Waals surface area (Å²) in [5, 5.41) is 4.01. The number of hydrogen-bond donors (Lipinski definition) is 0. The molecule has 0 amide bonds. The molecule has 1 aromatic carbocycles. The number of rotatable bonds is 6. The molecule has 1 aromatic heterocycles. The lowest BCUT2D eigenvalue weighted by Gasteiger charge is -2.34. The monoisotopic (exact) mass is 371 g/mol. The molecule has 2 aromatic rings. The van der Waals surface area contributed by atoms with E-state index in [9.17, 15) is 17.6 Å². The Bertz CT molecular complexity index is 690. The molecule has 1 aliphatic heterocycles. The van der Waals surface area contributed by atoms with Gasteiger partial charge in [-0.05, 0) is 17.7 Å². The van der Waals surface area contributed by atoms with Crippen LogP contribution in [0.15, 0.2) is 30.6 Å². The summed E-state index contributed by atoms with van der Waals surface area (Å²) in [6.45, 7) is 4.27. The van der Waals surface area contributed by atoms with Crippen molar-refractivity contribution in [2.45, 2.75) is 25.8 Å².